The lowest BCUT2D eigenvalue weighted by Gasteiger charge is -2.33. The molecule has 0 spiro atoms. The standard InChI is InChI=1S/C12H16N4OS/c1-2-12(4-3-5-13-7-12)11-15-10(16-17-11)9-6-18-8-14-9/h6,8,13H,2-5,7H2,1H3. The van der Waals surface area contributed by atoms with Gasteiger partial charge in [-0.05, 0) is 25.8 Å². The number of rotatable bonds is 3. The van der Waals surface area contributed by atoms with E-state index in [0.29, 0.717) is 5.82 Å². The maximum absolute atomic E-state index is 5.49. The number of nitrogens with zero attached hydrogens (tertiary/aromatic N) is 3. The maximum atomic E-state index is 5.49. The van der Waals surface area contributed by atoms with Gasteiger partial charge in [-0.25, -0.2) is 4.98 Å². The maximum Gasteiger partial charge on any atom is 0.234 e. The van der Waals surface area contributed by atoms with Gasteiger partial charge in [0.2, 0.25) is 11.7 Å². The summed E-state index contributed by atoms with van der Waals surface area (Å²) in [5.74, 6) is 1.35. The zero-order chi connectivity index (χ0) is 12.4. The largest absolute Gasteiger partial charge is 0.338 e. The number of hydrogen-bond donors (Lipinski definition) is 1. The molecule has 18 heavy (non-hydrogen) atoms. The Balaban J connectivity index is 1.92. The van der Waals surface area contributed by atoms with Crippen molar-refractivity contribution >= 4 is 11.3 Å². The highest BCUT2D eigenvalue weighted by Crippen LogP contribution is 2.34. The van der Waals surface area contributed by atoms with E-state index < -0.39 is 0 Å². The van der Waals surface area contributed by atoms with Crippen molar-refractivity contribution in [3.8, 4) is 11.5 Å². The summed E-state index contributed by atoms with van der Waals surface area (Å²) >= 11 is 1.54. The van der Waals surface area contributed by atoms with Gasteiger partial charge in [0.25, 0.3) is 0 Å². The van der Waals surface area contributed by atoms with Crippen LogP contribution in [0.4, 0.5) is 0 Å². The van der Waals surface area contributed by atoms with Crippen molar-refractivity contribution in [3.05, 3.63) is 16.8 Å². The summed E-state index contributed by atoms with van der Waals surface area (Å²) in [5.41, 5.74) is 2.58. The highest BCUT2D eigenvalue weighted by molar-refractivity contribution is 7.07. The molecule has 1 fully saturated rings. The van der Waals surface area contributed by atoms with Crippen molar-refractivity contribution in [1.82, 2.24) is 20.4 Å². The van der Waals surface area contributed by atoms with E-state index in [1.54, 1.807) is 5.51 Å². The minimum Gasteiger partial charge on any atom is -0.338 e. The van der Waals surface area contributed by atoms with E-state index in [0.717, 1.165) is 43.9 Å². The average Bonchev–Trinajstić information content (AvgIpc) is 3.10. The monoisotopic (exact) mass is 264 g/mol. The van der Waals surface area contributed by atoms with Crippen LogP contribution in [0.15, 0.2) is 15.4 Å². The number of aromatic nitrogens is 3. The molecule has 1 atom stereocenters. The molecule has 0 amide bonds. The molecule has 0 saturated carbocycles. The highest BCUT2D eigenvalue weighted by atomic mass is 32.1. The molecule has 0 bridgehead atoms. The lowest BCUT2D eigenvalue weighted by atomic mass is 9.78. The van der Waals surface area contributed by atoms with E-state index in [4.69, 9.17) is 4.52 Å². The summed E-state index contributed by atoms with van der Waals surface area (Å²) in [7, 11) is 0. The van der Waals surface area contributed by atoms with Gasteiger partial charge in [0.05, 0.1) is 10.9 Å². The fourth-order valence-corrected chi connectivity index (χ4v) is 3.00. The number of hydrogen-bond acceptors (Lipinski definition) is 6. The molecular weight excluding hydrogens is 248 g/mol. The van der Waals surface area contributed by atoms with Crippen molar-refractivity contribution in [2.24, 2.45) is 0 Å². The minimum absolute atomic E-state index is 0.000475. The van der Waals surface area contributed by atoms with E-state index in [2.05, 4.69) is 27.4 Å². The first-order valence-electron chi connectivity index (χ1n) is 6.27. The predicted octanol–water partition coefficient (Wildman–Crippen LogP) is 2.22. The number of nitrogens with one attached hydrogen (secondary N) is 1. The number of thiazole rings is 1. The van der Waals surface area contributed by atoms with Gasteiger partial charge < -0.3 is 9.84 Å². The highest BCUT2D eigenvalue weighted by Gasteiger charge is 2.37. The van der Waals surface area contributed by atoms with Crippen molar-refractivity contribution in [1.29, 1.82) is 0 Å². The first-order valence-corrected chi connectivity index (χ1v) is 7.22. The summed E-state index contributed by atoms with van der Waals surface area (Å²) in [6.07, 6.45) is 3.27. The number of piperidine rings is 1. The first kappa shape index (κ1) is 11.8. The van der Waals surface area contributed by atoms with Gasteiger partial charge in [0, 0.05) is 11.9 Å². The molecule has 2 aromatic rings. The van der Waals surface area contributed by atoms with Crippen LogP contribution in [0.1, 0.15) is 32.1 Å². The summed E-state index contributed by atoms with van der Waals surface area (Å²) in [6.45, 7) is 4.18. The Morgan fingerprint density at radius 3 is 3.17 bits per heavy atom. The van der Waals surface area contributed by atoms with Crippen LogP contribution < -0.4 is 5.32 Å². The lowest BCUT2D eigenvalue weighted by molar-refractivity contribution is 0.221. The third-order valence-electron chi connectivity index (χ3n) is 3.69. The van der Waals surface area contributed by atoms with Crippen LogP contribution in [0, 0.1) is 0 Å². The second-order valence-electron chi connectivity index (χ2n) is 4.71. The van der Waals surface area contributed by atoms with Crippen LogP contribution in [0.5, 0.6) is 0 Å². The molecule has 1 N–H and O–H groups in total. The van der Waals surface area contributed by atoms with Gasteiger partial charge in [-0.2, -0.15) is 4.98 Å². The van der Waals surface area contributed by atoms with Crippen LogP contribution >= 0.6 is 11.3 Å². The van der Waals surface area contributed by atoms with Crippen molar-refractivity contribution in [2.75, 3.05) is 13.1 Å². The Bertz CT molecular complexity index is 502. The summed E-state index contributed by atoms with van der Waals surface area (Å²) in [6, 6.07) is 0. The van der Waals surface area contributed by atoms with Crippen LogP contribution in [-0.4, -0.2) is 28.2 Å². The van der Waals surface area contributed by atoms with E-state index in [1.807, 2.05) is 5.38 Å². The summed E-state index contributed by atoms with van der Waals surface area (Å²) < 4.78 is 5.49. The van der Waals surface area contributed by atoms with Gasteiger partial charge in [0.1, 0.15) is 5.69 Å². The molecule has 0 radical (unpaired) electrons. The normalized spacial score (nSPS) is 24.3. The molecule has 0 aliphatic carbocycles. The van der Waals surface area contributed by atoms with Crippen molar-refractivity contribution in [3.63, 3.8) is 0 Å². The first-order chi connectivity index (χ1) is 8.84. The van der Waals surface area contributed by atoms with E-state index in [1.165, 1.54) is 11.3 Å². The average molecular weight is 264 g/mol. The smallest absolute Gasteiger partial charge is 0.234 e. The molecule has 5 nitrogen and oxygen atoms in total. The van der Waals surface area contributed by atoms with E-state index in [9.17, 15) is 0 Å². The molecule has 3 heterocycles. The summed E-state index contributed by atoms with van der Waals surface area (Å²) in [4.78, 5) is 8.76. The molecule has 1 unspecified atom stereocenters. The predicted molar refractivity (Wildman–Crippen MR) is 69.5 cm³/mol. The second kappa shape index (κ2) is 4.78. The summed E-state index contributed by atoms with van der Waals surface area (Å²) in [5, 5.41) is 9.42. The van der Waals surface area contributed by atoms with Crippen molar-refractivity contribution < 1.29 is 4.52 Å². The van der Waals surface area contributed by atoms with Crippen LogP contribution in [0.25, 0.3) is 11.5 Å². The molecule has 1 aliphatic heterocycles. The topological polar surface area (TPSA) is 63.8 Å². The molecular formula is C12H16N4OS. The van der Waals surface area contributed by atoms with Gasteiger partial charge in [-0.3, -0.25) is 0 Å². The van der Waals surface area contributed by atoms with Crippen LogP contribution in [0.3, 0.4) is 0 Å². The molecule has 2 aromatic heterocycles. The fourth-order valence-electron chi connectivity index (χ4n) is 2.47. The Hall–Kier alpha value is -1.27. The molecule has 96 valence electrons. The molecule has 1 aliphatic rings. The molecule has 6 heteroatoms. The van der Waals surface area contributed by atoms with E-state index in [-0.39, 0.29) is 5.41 Å². The van der Waals surface area contributed by atoms with Gasteiger partial charge in [-0.15, -0.1) is 11.3 Å². The van der Waals surface area contributed by atoms with Gasteiger partial charge in [0.15, 0.2) is 0 Å². The second-order valence-corrected chi connectivity index (χ2v) is 5.43. The fraction of sp³-hybridized carbons (Fsp3) is 0.583. The Morgan fingerprint density at radius 2 is 2.50 bits per heavy atom. The Kier molecular flexibility index (Phi) is 3.13. The Morgan fingerprint density at radius 1 is 1.56 bits per heavy atom. The minimum atomic E-state index is -0.000475. The third kappa shape index (κ3) is 1.95. The quantitative estimate of drug-likeness (QED) is 0.921. The van der Waals surface area contributed by atoms with Crippen LogP contribution in [-0.2, 0) is 5.41 Å². The SMILES string of the molecule is CCC1(c2nc(-c3cscn3)no2)CCCNC1. The molecule has 3 rings (SSSR count). The van der Waals surface area contributed by atoms with Crippen molar-refractivity contribution in [2.45, 2.75) is 31.6 Å². The lowest BCUT2D eigenvalue weighted by Crippen LogP contribution is -2.43. The molecule has 1 saturated heterocycles. The zero-order valence-corrected chi connectivity index (χ0v) is 11.2. The Labute approximate surface area is 110 Å². The zero-order valence-electron chi connectivity index (χ0n) is 10.3. The van der Waals surface area contributed by atoms with Crippen LogP contribution in [0.2, 0.25) is 0 Å². The van der Waals surface area contributed by atoms with E-state index >= 15 is 0 Å². The molecule has 0 aromatic carbocycles. The van der Waals surface area contributed by atoms with Gasteiger partial charge >= 0.3 is 0 Å². The third-order valence-corrected chi connectivity index (χ3v) is 4.28. The van der Waals surface area contributed by atoms with Gasteiger partial charge in [-0.1, -0.05) is 12.1 Å².